The van der Waals surface area contributed by atoms with Crippen LogP contribution in [0.15, 0.2) is 146 Å². The summed E-state index contributed by atoms with van der Waals surface area (Å²) in [5.74, 6) is 0. The van der Waals surface area contributed by atoms with Crippen LogP contribution in [-0.2, 0) is 5.41 Å². The van der Waals surface area contributed by atoms with Crippen molar-refractivity contribution in [3.63, 3.8) is 0 Å². The van der Waals surface area contributed by atoms with Gasteiger partial charge >= 0.3 is 0 Å². The van der Waals surface area contributed by atoms with Gasteiger partial charge in [-0.25, -0.2) is 0 Å². The summed E-state index contributed by atoms with van der Waals surface area (Å²) in [6, 6.07) is 53.2. The summed E-state index contributed by atoms with van der Waals surface area (Å²) >= 11 is 0. The van der Waals surface area contributed by atoms with Crippen LogP contribution < -0.4 is 0 Å². The number of H-pyrrole nitrogens is 1. The average Bonchev–Trinajstić information content (AvgIpc) is 3.52. The number of fused-ring (bicyclic) bond motifs is 6. The van der Waals surface area contributed by atoms with Crippen molar-refractivity contribution >= 4 is 21.8 Å². The molecule has 6 aromatic carbocycles. The van der Waals surface area contributed by atoms with Gasteiger partial charge in [0.15, 0.2) is 0 Å². The molecule has 0 radical (unpaired) electrons. The smallest absolute Gasteiger partial charge is 0.0713 e. The molecule has 0 unspecified atom stereocenters. The van der Waals surface area contributed by atoms with Crippen LogP contribution in [0, 0.1) is 0 Å². The molecule has 0 amide bonds. The van der Waals surface area contributed by atoms with Crippen molar-refractivity contribution in [1.29, 1.82) is 0 Å². The van der Waals surface area contributed by atoms with Crippen LogP contribution in [0.2, 0.25) is 0 Å². The molecule has 1 aromatic heterocycles. The highest BCUT2D eigenvalue weighted by molar-refractivity contribution is 6.11. The lowest BCUT2D eigenvalue weighted by Crippen LogP contribution is -2.28. The summed E-state index contributed by atoms with van der Waals surface area (Å²) in [6.07, 6.45) is 0. The predicted octanol–water partition coefficient (Wildman–Crippen LogP) is 9.35. The number of benzene rings is 6. The summed E-state index contributed by atoms with van der Waals surface area (Å²) in [4.78, 5) is 3.71. The topological polar surface area (TPSA) is 15.8 Å². The highest BCUT2D eigenvalue weighted by Gasteiger charge is 2.45. The van der Waals surface area contributed by atoms with Gasteiger partial charge < -0.3 is 4.98 Å². The summed E-state index contributed by atoms with van der Waals surface area (Å²) in [6.45, 7) is 0. The van der Waals surface area contributed by atoms with Crippen molar-refractivity contribution in [1.82, 2.24) is 4.98 Å². The van der Waals surface area contributed by atoms with E-state index in [0.717, 1.165) is 0 Å². The van der Waals surface area contributed by atoms with Crippen LogP contribution in [0.4, 0.5) is 0 Å². The summed E-state index contributed by atoms with van der Waals surface area (Å²) in [5.41, 5.74) is 12.3. The number of nitrogens with one attached hydrogen (secondary N) is 1. The monoisotopic (exact) mass is 483 g/mol. The molecule has 0 aliphatic heterocycles. The minimum absolute atomic E-state index is 0.390. The molecule has 0 spiro atoms. The maximum Gasteiger partial charge on any atom is 0.0713 e. The molecule has 0 saturated heterocycles. The van der Waals surface area contributed by atoms with Crippen LogP contribution in [0.1, 0.15) is 22.3 Å². The normalized spacial score (nSPS) is 13.5. The molecule has 7 aromatic rings. The zero-order valence-corrected chi connectivity index (χ0v) is 20.9. The maximum absolute atomic E-state index is 3.71. The Balaban J connectivity index is 1.44. The lowest BCUT2D eigenvalue weighted by molar-refractivity contribution is 0.769. The third-order valence-electron chi connectivity index (χ3n) is 8.31. The first-order valence-electron chi connectivity index (χ1n) is 13.2. The first-order valence-corrected chi connectivity index (χ1v) is 13.2. The Morgan fingerprint density at radius 2 is 1.00 bits per heavy atom. The van der Waals surface area contributed by atoms with E-state index in [-0.39, 0.29) is 0 Å². The highest BCUT2D eigenvalue weighted by Crippen LogP contribution is 2.56. The molecule has 1 nitrogen and oxygen atoms in total. The zero-order valence-electron chi connectivity index (χ0n) is 20.9. The SMILES string of the molecule is c1ccc(C2(c3cccc(-c4cccc5c4[nH]c4ccccc45)c3)c3ccccc3-c3ccccc32)cc1. The molecule has 8 rings (SSSR count). The molecule has 0 bridgehead atoms. The van der Waals surface area contributed by atoms with Crippen molar-refractivity contribution in [2.24, 2.45) is 0 Å². The Hall–Kier alpha value is -4.88. The fourth-order valence-corrected chi connectivity index (χ4v) is 6.75. The highest BCUT2D eigenvalue weighted by atomic mass is 14.7. The Bertz CT molecular complexity index is 1930. The van der Waals surface area contributed by atoms with E-state index in [1.54, 1.807) is 0 Å². The number of para-hydroxylation sites is 2. The molecule has 178 valence electrons. The van der Waals surface area contributed by atoms with Gasteiger partial charge in [0.25, 0.3) is 0 Å². The van der Waals surface area contributed by atoms with Crippen LogP contribution >= 0.6 is 0 Å². The van der Waals surface area contributed by atoms with Gasteiger partial charge in [-0.15, -0.1) is 0 Å². The van der Waals surface area contributed by atoms with Crippen molar-refractivity contribution < 1.29 is 0 Å². The third-order valence-corrected chi connectivity index (χ3v) is 8.31. The fourth-order valence-electron chi connectivity index (χ4n) is 6.75. The van der Waals surface area contributed by atoms with Crippen LogP contribution in [0.25, 0.3) is 44.1 Å². The quantitative estimate of drug-likeness (QED) is 0.258. The van der Waals surface area contributed by atoms with Crippen molar-refractivity contribution in [2.75, 3.05) is 0 Å². The minimum Gasteiger partial charge on any atom is -0.354 e. The molecule has 1 aliphatic carbocycles. The molecule has 38 heavy (non-hydrogen) atoms. The lowest BCUT2D eigenvalue weighted by Gasteiger charge is -2.34. The summed E-state index contributed by atoms with van der Waals surface area (Å²) < 4.78 is 0. The lowest BCUT2D eigenvalue weighted by atomic mass is 9.67. The van der Waals surface area contributed by atoms with E-state index in [4.69, 9.17) is 0 Å². The van der Waals surface area contributed by atoms with Crippen LogP contribution in [0.5, 0.6) is 0 Å². The first kappa shape index (κ1) is 21.2. The zero-order chi connectivity index (χ0) is 25.1. The predicted molar refractivity (Wildman–Crippen MR) is 159 cm³/mol. The van der Waals surface area contributed by atoms with E-state index in [1.165, 1.54) is 66.3 Å². The Morgan fingerprint density at radius 1 is 0.421 bits per heavy atom. The molecular formula is C37H25N. The van der Waals surface area contributed by atoms with Crippen LogP contribution in [0.3, 0.4) is 0 Å². The van der Waals surface area contributed by atoms with Crippen LogP contribution in [-0.4, -0.2) is 4.98 Å². The first-order chi connectivity index (χ1) is 18.9. The second kappa shape index (κ2) is 8.06. The Kier molecular flexibility index (Phi) is 4.50. The van der Waals surface area contributed by atoms with Gasteiger partial charge in [-0.3, -0.25) is 0 Å². The van der Waals surface area contributed by atoms with E-state index < -0.39 is 5.41 Å². The van der Waals surface area contributed by atoms with Crippen molar-refractivity contribution in [3.05, 3.63) is 168 Å². The van der Waals surface area contributed by atoms with E-state index in [0.29, 0.717) is 0 Å². The number of aromatic nitrogens is 1. The van der Waals surface area contributed by atoms with Crippen molar-refractivity contribution in [2.45, 2.75) is 5.41 Å². The standard InChI is InChI=1S/C37H25N/c1-2-13-26(14-3-1)37(33-21-7-4-16-29(33)30-17-5-8-22-34(30)37)27-15-10-12-25(24-27)28-19-11-20-32-31-18-6-9-23-35(31)38-36(28)32/h1-24,38H. The van der Waals surface area contributed by atoms with Gasteiger partial charge in [0.1, 0.15) is 0 Å². The number of hydrogen-bond donors (Lipinski definition) is 1. The molecule has 0 atom stereocenters. The van der Waals surface area contributed by atoms with Crippen molar-refractivity contribution in [3.8, 4) is 22.3 Å². The molecule has 0 fully saturated rings. The van der Waals surface area contributed by atoms with Gasteiger partial charge in [-0.05, 0) is 51.1 Å². The number of aromatic amines is 1. The molecule has 1 heterocycles. The van der Waals surface area contributed by atoms with E-state index in [1.807, 2.05) is 0 Å². The maximum atomic E-state index is 3.71. The largest absolute Gasteiger partial charge is 0.354 e. The third kappa shape index (κ3) is 2.82. The Morgan fingerprint density at radius 3 is 1.79 bits per heavy atom. The molecular weight excluding hydrogens is 458 g/mol. The minimum atomic E-state index is -0.390. The summed E-state index contributed by atoms with van der Waals surface area (Å²) in [5, 5.41) is 2.53. The molecule has 0 saturated carbocycles. The van der Waals surface area contributed by atoms with Gasteiger partial charge in [0, 0.05) is 21.9 Å². The van der Waals surface area contributed by atoms with E-state index in [9.17, 15) is 0 Å². The van der Waals surface area contributed by atoms with Gasteiger partial charge in [-0.2, -0.15) is 0 Å². The van der Waals surface area contributed by atoms with Gasteiger partial charge in [0.05, 0.1) is 10.9 Å². The number of hydrogen-bond acceptors (Lipinski definition) is 0. The van der Waals surface area contributed by atoms with Gasteiger partial charge in [0.2, 0.25) is 0 Å². The molecule has 1 heteroatoms. The second-order valence-electron chi connectivity index (χ2n) is 10.2. The summed E-state index contributed by atoms with van der Waals surface area (Å²) in [7, 11) is 0. The number of rotatable bonds is 3. The fraction of sp³-hybridized carbons (Fsp3) is 0.0270. The average molecular weight is 484 g/mol. The second-order valence-corrected chi connectivity index (χ2v) is 10.2. The molecule has 1 aliphatic rings. The Labute approximate surface area is 222 Å². The molecule has 1 N–H and O–H groups in total. The van der Waals surface area contributed by atoms with E-state index >= 15 is 0 Å². The van der Waals surface area contributed by atoms with E-state index in [2.05, 4.69) is 151 Å². The van der Waals surface area contributed by atoms with Gasteiger partial charge in [-0.1, -0.05) is 133 Å².